The minimum absolute atomic E-state index is 0.286. The van der Waals surface area contributed by atoms with E-state index in [9.17, 15) is 4.79 Å². The van der Waals surface area contributed by atoms with Crippen LogP contribution in [0.1, 0.15) is 17.4 Å². The van der Waals surface area contributed by atoms with E-state index in [0.29, 0.717) is 11.4 Å². The van der Waals surface area contributed by atoms with Crippen molar-refractivity contribution in [2.45, 2.75) is 13.5 Å². The van der Waals surface area contributed by atoms with Crippen molar-refractivity contribution in [2.24, 2.45) is 0 Å². The lowest BCUT2D eigenvalue weighted by atomic mass is 10.4. The average molecular weight is 220 g/mol. The van der Waals surface area contributed by atoms with Crippen LogP contribution >= 0.6 is 0 Å². The summed E-state index contributed by atoms with van der Waals surface area (Å²) in [6.45, 7) is 2.72. The van der Waals surface area contributed by atoms with Crippen molar-refractivity contribution in [3.05, 3.63) is 24.2 Å². The van der Waals surface area contributed by atoms with Crippen LogP contribution in [0.2, 0.25) is 0 Å². The SMILES string of the molecule is CCn1cc(NC(=O)c2cc(N)n[nH]2)cn1. The average Bonchev–Trinajstić information content (AvgIpc) is 2.87. The monoisotopic (exact) mass is 220 g/mol. The van der Waals surface area contributed by atoms with E-state index < -0.39 is 0 Å². The highest BCUT2D eigenvalue weighted by Gasteiger charge is 2.09. The minimum Gasteiger partial charge on any atom is -0.382 e. The Morgan fingerprint density at radius 3 is 3.06 bits per heavy atom. The van der Waals surface area contributed by atoms with E-state index in [1.165, 1.54) is 6.07 Å². The Bertz CT molecular complexity index is 500. The second kappa shape index (κ2) is 4.05. The molecule has 0 aliphatic carbocycles. The lowest BCUT2D eigenvalue weighted by molar-refractivity contribution is 0.102. The number of amides is 1. The Hall–Kier alpha value is -2.31. The third-order valence-electron chi connectivity index (χ3n) is 2.06. The van der Waals surface area contributed by atoms with Crippen molar-refractivity contribution in [2.75, 3.05) is 11.1 Å². The van der Waals surface area contributed by atoms with Gasteiger partial charge in [0, 0.05) is 18.8 Å². The van der Waals surface area contributed by atoms with Gasteiger partial charge in [0.05, 0.1) is 11.9 Å². The molecule has 2 heterocycles. The highest BCUT2D eigenvalue weighted by atomic mass is 16.1. The first-order valence-electron chi connectivity index (χ1n) is 4.83. The molecule has 0 unspecified atom stereocenters. The van der Waals surface area contributed by atoms with Crippen LogP contribution < -0.4 is 11.1 Å². The summed E-state index contributed by atoms with van der Waals surface area (Å²) < 4.78 is 1.72. The van der Waals surface area contributed by atoms with Gasteiger partial charge in [0.15, 0.2) is 0 Å². The van der Waals surface area contributed by atoms with Gasteiger partial charge in [-0.15, -0.1) is 0 Å². The molecule has 0 bridgehead atoms. The molecule has 0 spiro atoms. The number of nitrogens with one attached hydrogen (secondary N) is 2. The number of H-pyrrole nitrogens is 1. The van der Waals surface area contributed by atoms with Crippen molar-refractivity contribution >= 4 is 17.4 Å². The second-order valence-electron chi connectivity index (χ2n) is 3.25. The Morgan fingerprint density at radius 1 is 1.69 bits per heavy atom. The van der Waals surface area contributed by atoms with Crippen LogP contribution in [0.4, 0.5) is 11.5 Å². The molecule has 0 saturated heterocycles. The number of carbonyl (C=O) groups is 1. The van der Waals surface area contributed by atoms with E-state index in [1.807, 2.05) is 6.92 Å². The molecule has 2 rings (SSSR count). The third-order valence-corrected chi connectivity index (χ3v) is 2.06. The van der Waals surface area contributed by atoms with Crippen LogP contribution in [-0.2, 0) is 6.54 Å². The molecule has 7 heteroatoms. The van der Waals surface area contributed by atoms with Crippen LogP contribution in [0.25, 0.3) is 0 Å². The van der Waals surface area contributed by atoms with Gasteiger partial charge in [0.25, 0.3) is 5.91 Å². The zero-order chi connectivity index (χ0) is 11.5. The normalized spacial score (nSPS) is 10.3. The highest BCUT2D eigenvalue weighted by molar-refractivity contribution is 6.03. The van der Waals surface area contributed by atoms with Gasteiger partial charge < -0.3 is 11.1 Å². The zero-order valence-electron chi connectivity index (χ0n) is 8.77. The summed E-state index contributed by atoms with van der Waals surface area (Å²) in [5.41, 5.74) is 6.36. The quantitative estimate of drug-likeness (QED) is 0.699. The van der Waals surface area contributed by atoms with Crippen LogP contribution in [0.15, 0.2) is 18.5 Å². The second-order valence-corrected chi connectivity index (χ2v) is 3.25. The number of aromatic amines is 1. The number of hydrogen-bond donors (Lipinski definition) is 3. The van der Waals surface area contributed by atoms with E-state index in [1.54, 1.807) is 17.1 Å². The van der Waals surface area contributed by atoms with Crippen molar-refractivity contribution in [3.8, 4) is 0 Å². The fourth-order valence-corrected chi connectivity index (χ4v) is 1.25. The van der Waals surface area contributed by atoms with Crippen molar-refractivity contribution in [1.29, 1.82) is 0 Å². The number of nitrogens with zero attached hydrogens (tertiary/aromatic N) is 3. The summed E-state index contributed by atoms with van der Waals surface area (Å²) in [6.07, 6.45) is 3.33. The number of aryl methyl sites for hydroxylation is 1. The number of anilines is 2. The lowest BCUT2D eigenvalue weighted by Crippen LogP contribution is -2.11. The molecule has 7 nitrogen and oxygen atoms in total. The number of rotatable bonds is 3. The maximum absolute atomic E-state index is 11.7. The molecule has 4 N–H and O–H groups in total. The van der Waals surface area contributed by atoms with E-state index in [2.05, 4.69) is 20.6 Å². The predicted octanol–water partition coefficient (Wildman–Crippen LogP) is 0.461. The van der Waals surface area contributed by atoms with Crippen LogP contribution in [0.5, 0.6) is 0 Å². The van der Waals surface area contributed by atoms with E-state index in [-0.39, 0.29) is 11.7 Å². The van der Waals surface area contributed by atoms with Gasteiger partial charge >= 0.3 is 0 Å². The molecule has 0 aliphatic rings. The fourth-order valence-electron chi connectivity index (χ4n) is 1.25. The maximum Gasteiger partial charge on any atom is 0.273 e. The standard InChI is InChI=1S/C9H12N6O/c1-2-15-5-6(4-11-15)12-9(16)7-3-8(10)14-13-7/h3-5H,2H2,1H3,(H,12,16)(H3,10,13,14). The summed E-state index contributed by atoms with van der Waals surface area (Å²) in [6, 6.07) is 1.47. The molecular weight excluding hydrogens is 208 g/mol. The molecular formula is C9H12N6O. The smallest absolute Gasteiger partial charge is 0.273 e. The van der Waals surface area contributed by atoms with Crippen LogP contribution in [0.3, 0.4) is 0 Å². The molecule has 0 fully saturated rings. The Morgan fingerprint density at radius 2 is 2.50 bits per heavy atom. The van der Waals surface area contributed by atoms with Gasteiger partial charge in [0.1, 0.15) is 11.5 Å². The summed E-state index contributed by atoms with van der Waals surface area (Å²) >= 11 is 0. The Kier molecular flexibility index (Phi) is 2.59. The highest BCUT2D eigenvalue weighted by Crippen LogP contribution is 2.08. The van der Waals surface area contributed by atoms with Gasteiger partial charge in [-0.05, 0) is 6.92 Å². The summed E-state index contributed by atoms with van der Waals surface area (Å²) in [4.78, 5) is 11.7. The maximum atomic E-state index is 11.7. The molecule has 0 aliphatic heterocycles. The minimum atomic E-state index is -0.292. The first kappa shape index (κ1) is 10.2. The molecule has 0 atom stereocenters. The van der Waals surface area contributed by atoms with Gasteiger partial charge in [0.2, 0.25) is 0 Å². The first-order valence-corrected chi connectivity index (χ1v) is 4.83. The van der Waals surface area contributed by atoms with E-state index >= 15 is 0 Å². The molecule has 1 amide bonds. The lowest BCUT2D eigenvalue weighted by Gasteiger charge is -1.98. The Balaban J connectivity index is 2.07. The zero-order valence-corrected chi connectivity index (χ0v) is 8.77. The van der Waals surface area contributed by atoms with Crippen molar-refractivity contribution in [1.82, 2.24) is 20.0 Å². The number of hydrogen-bond acceptors (Lipinski definition) is 4. The summed E-state index contributed by atoms with van der Waals surface area (Å²) in [5, 5.41) is 12.9. The molecule has 16 heavy (non-hydrogen) atoms. The van der Waals surface area contributed by atoms with Crippen molar-refractivity contribution in [3.63, 3.8) is 0 Å². The van der Waals surface area contributed by atoms with E-state index in [4.69, 9.17) is 5.73 Å². The van der Waals surface area contributed by atoms with Crippen LogP contribution in [0, 0.1) is 0 Å². The molecule has 2 aromatic rings. The largest absolute Gasteiger partial charge is 0.382 e. The number of nitrogen functional groups attached to an aromatic ring is 1. The van der Waals surface area contributed by atoms with Gasteiger partial charge in [-0.2, -0.15) is 10.2 Å². The fraction of sp³-hybridized carbons (Fsp3) is 0.222. The molecule has 0 saturated carbocycles. The summed E-state index contributed by atoms with van der Waals surface area (Å²) in [5.74, 6) is -0.00532. The van der Waals surface area contributed by atoms with Gasteiger partial charge in [-0.25, -0.2) is 0 Å². The molecule has 0 aromatic carbocycles. The van der Waals surface area contributed by atoms with Crippen molar-refractivity contribution < 1.29 is 4.79 Å². The van der Waals surface area contributed by atoms with Gasteiger partial charge in [-0.1, -0.05) is 0 Å². The van der Waals surface area contributed by atoms with Gasteiger partial charge in [-0.3, -0.25) is 14.6 Å². The molecule has 84 valence electrons. The third kappa shape index (κ3) is 2.02. The predicted molar refractivity (Wildman–Crippen MR) is 58.9 cm³/mol. The Labute approximate surface area is 91.6 Å². The summed E-state index contributed by atoms with van der Waals surface area (Å²) in [7, 11) is 0. The first-order chi connectivity index (χ1) is 7.69. The number of aromatic nitrogens is 4. The van der Waals surface area contributed by atoms with Crippen LogP contribution in [-0.4, -0.2) is 25.9 Å². The molecule has 2 aromatic heterocycles. The number of nitrogens with two attached hydrogens (primary N) is 1. The molecule has 0 radical (unpaired) electrons. The number of carbonyl (C=O) groups excluding carboxylic acids is 1. The van der Waals surface area contributed by atoms with E-state index in [0.717, 1.165) is 6.54 Å². The topological polar surface area (TPSA) is 102 Å².